The third-order valence-corrected chi connectivity index (χ3v) is 5.05. The fourth-order valence-electron chi connectivity index (χ4n) is 3.45. The predicted molar refractivity (Wildman–Crippen MR) is 95.7 cm³/mol. The Bertz CT molecular complexity index is 720. The van der Waals surface area contributed by atoms with Gasteiger partial charge in [0, 0.05) is 44.6 Å². The first-order chi connectivity index (χ1) is 12.3. The zero-order valence-electron chi connectivity index (χ0n) is 14.2. The molecule has 1 amide bonds. The molecule has 1 aromatic heterocycles. The largest absolute Gasteiger partial charge is 0.340 e. The van der Waals surface area contributed by atoms with Crippen molar-refractivity contribution in [3.63, 3.8) is 0 Å². The molecule has 6 heteroatoms. The highest BCUT2D eigenvalue weighted by molar-refractivity contribution is 5.82. The van der Waals surface area contributed by atoms with Crippen LogP contribution >= 0.6 is 0 Å². The Kier molecular flexibility index (Phi) is 4.61. The first-order valence-electron chi connectivity index (χ1n) is 8.89. The van der Waals surface area contributed by atoms with E-state index < -0.39 is 0 Å². The summed E-state index contributed by atoms with van der Waals surface area (Å²) in [6.45, 7) is 4.44. The molecular weight excluding hydrogens is 314 g/mol. The van der Waals surface area contributed by atoms with E-state index in [0.29, 0.717) is 0 Å². The van der Waals surface area contributed by atoms with Crippen LogP contribution in [0.5, 0.6) is 0 Å². The molecule has 0 radical (unpaired) electrons. The van der Waals surface area contributed by atoms with Crippen molar-refractivity contribution >= 4 is 12.0 Å². The Morgan fingerprint density at radius 1 is 1.20 bits per heavy atom. The number of nitrogens with zero attached hydrogens (tertiary/aromatic N) is 4. The van der Waals surface area contributed by atoms with Crippen molar-refractivity contribution in [3.05, 3.63) is 54.1 Å². The molecule has 1 aromatic carbocycles. The van der Waals surface area contributed by atoms with E-state index in [-0.39, 0.29) is 17.7 Å². The van der Waals surface area contributed by atoms with Gasteiger partial charge in [0.15, 0.2) is 0 Å². The first kappa shape index (κ1) is 16.0. The fourth-order valence-corrected chi connectivity index (χ4v) is 3.45. The maximum atomic E-state index is 12.6. The fraction of sp³-hybridized carbons (Fsp3) is 0.421. The molecule has 0 bridgehead atoms. The molecule has 2 fully saturated rings. The Labute approximate surface area is 147 Å². The van der Waals surface area contributed by atoms with Crippen LogP contribution in [0.4, 0.5) is 0 Å². The average molecular weight is 337 g/mol. The molecule has 4 rings (SSSR count). The molecule has 25 heavy (non-hydrogen) atoms. The quantitative estimate of drug-likeness (QED) is 0.903. The van der Waals surface area contributed by atoms with Gasteiger partial charge in [-0.2, -0.15) is 5.10 Å². The highest BCUT2D eigenvalue weighted by Crippen LogP contribution is 2.46. The number of aromatic nitrogens is 3. The minimum Gasteiger partial charge on any atom is -0.340 e. The SMILES string of the molecule is O=C(C1CC1c1ncn[nH]1)N1CCN(CC=Cc2ccccc2)CC1. The van der Waals surface area contributed by atoms with E-state index in [2.05, 4.69) is 44.4 Å². The normalized spacial score (nSPS) is 23.9. The van der Waals surface area contributed by atoms with Gasteiger partial charge < -0.3 is 4.90 Å². The minimum atomic E-state index is 0.0949. The van der Waals surface area contributed by atoms with Crippen molar-refractivity contribution in [2.24, 2.45) is 5.92 Å². The number of carbonyl (C=O) groups is 1. The standard InChI is InChI=1S/C19H23N5O/c25-19(17-13-16(17)18-20-14-21-22-18)24-11-9-23(10-12-24)8-4-7-15-5-2-1-3-6-15/h1-7,14,16-17H,8-13H2,(H,20,21,22). The first-order valence-corrected chi connectivity index (χ1v) is 8.89. The van der Waals surface area contributed by atoms with E-state index in [1.165, 1.54) is 11.9 Å². The minimum absolute atomic E-state index is 0.0949. The topological polar surface area (TPSA) is 65.1 Å². The number of amides is 1. The Morgan fingerprint density at radius 3 is 2.72 bits per heavy atom. The summed E-state index contributed by atoms with van der Waals surface area (Å²) >= 11 is 0. The molecule has 2 aromatic rings. The van der Waals surface area contributed by atoms with E-state index in [1.807, 2.05) is 23.1 Å². The summed E-state index contributed by atoms with van der Waals surface area (Å²) in [5.41, 5.74) is 1.23. The van der Waals surface area contributed by atoms with E-state index in [4.69, 9.17) is 0 Å². The maximum absolute atomic E-state index is 12.6. The van der Waals surface area contributed by atoms with Crippen molar-refractivity contribution in [1.82, 2.24) is 25.0 Å². The van der Waals surface area contributed by atoms with Crippen molar-refractivity contribution in [2.75, 3.05) is 32.7 Å². The zero-order valence-corrected chi connectivity index (χ0v) is 14.2. The van der Waals surface area contributed by atoms with Crippen molar-refractivity contribution < 1.29 is 4.79 Å². The van der Waals surface area contributed by atoms with Crippen LogP contribution < -0.4 is 0 Å². The third-order valence-electron chi connectivity index (χ3n) is 5.05. The smallest absolute Gasteiger partial charge is 0.226 e. The van der Waals surface area contributed by atoms with Crippen LogP contribution in [0.3, 0.4) is 0 Å². The second kappa shape index (κ2) is 7.19. The number of rotatable bonds is 5. The van der Waals surface area contributed by atoms with E-state index in [0.717, 1.165) is 45.0 Å². The lowest BCUT2D eigenvalue weighted by molar-refractivity contribution is -0.134. The predicted octanol–water partition coefficient (Wildman–Crippen LogP) is 1.77. The van der Waals surface area contributed by atoms with Crippen LogP contribution in [-0.2, 0) is 4.79 Å². The molecule has 1 saturated carbocycles. The number of aromatic amines is 1. The summed E-state index contributed by atoms with van der Waals surface area (Å²) in [5.74, 6) is 1.46. The van der Waals surface area contributed by atoms with Gasteiger partial charge in [-0.3, -0.25) is 14.8 Å². The van der Waals surface area contributed by atoms with Gasteiger partial charge in [0.1, 0.15) is 12.2 Å². The summed E-state index contributed by atoms with van der Waals surface area (Å²) < 4.78 is 0. The molecular formula is C19H23N5O. The lowest BCUT2D eigenvalue weighted by Crippen LogP contribution is -2.49. The maximum Gasteiger partial charge on any atom is 0.226 e. The molecule has 1 N–H and O–H groups in total. The summed E-state index contributed by atoms with van der Waals surface area (Å²) in [4.78, 5) is 21.2. The molecule has 0 spiro atoms. The van der Waals surface area contributed by atoms with Gasteiger partial charge >= 0.3 is 0 Å². The monoisotopic (exact) mass is 337 g/mol. The Balaban J connectivity index is 1.22. The number of piperazine rings is 1. The van der Waals surface area contributed by atoms with E-state index in [1.54, 1.807) is 0 Å². The van der Waals surface area contributed by atoms with Crippen LogP contribution in [0, 0.1) is 5.92 Å². The highest BCUT2D eigenvalue weighted by Gasteiger charge is 2.47. The van der Waals surface area contributed by atoms with Gasteiger partial charge in [-0.1, -0.05) is 42.5 Å². The molecule has 130 valence electrons. The van der Waals surface area contributed by atoms with Crippen LogP contribution in [0.25, 0.3) is 6.08 Å². The third kappa shape index (κ3) is 3.79. The number of nitrogens with one attached hydrogen (secondary N) is 1. The lowest BCUT2D eigenvalue weighted by Gasteiger charge is -2.34. The lowest BCUT2D eigenvalue weighted by atomic mass is 10.2. The second-order valence-corrected chi connectivity index (χ2v) is 6.76. The van der Waals surface area contributed by atoms with Gasteiger partial charge in [0.25, 0.3) is 0 Å². The molecule has 2 aliphatic rings. The number of H-pyrrole nitrogens is 1. The van der Waals surface area contributed by atoms with Gasteiger partial charge in [0.05, 0.1) is 0 Å². The molecule has 1 saturated heterocycles. The molecule has 6 nitrogen and oxygen atoms in total. The Hall–Kier alpha value is -2.47. The van der Waals surface area contributed by atoms with Crippen molar-refractivity contribution in [2.45, 2.75) is 12.3 Å². The summed E-state index contributed by atoms with van der Waals surface area (Å²) in [5, 5.41) is 6.76. The number of hydrogen-bond acceptors (Lipinski definition) is 4. The summed E-state index contributed by atoms with van der Waals surface area (Å²) in [6.07, 6.45) is 6.77. The summed E-state index contributed by atoms with van der Waals surface area (Å²) in [7, 11) is 0. The van der Waals surface area contributed by atoms with E-state index >= 15 is 0 Å². The van der Waals surface area contributed by atoms with E-state index in [9.17, 15) is 4.79 Å². The second-order valence-electron chi connectivity index (χ2n) is 6.76. The molecule has 2 unspecified atom stereocenters. The highest BCUT2D eigenvalue weighted by atomic mass is 16.2. The average Bonchev–Trinajstić information content (AvgIpc) is 3.27. The molecule has 2 atom stereocenters. The number of carbonyl (C=O) groups excluding carboxylic acids is 1. The molecule has 1 aliphatic carbocycles. The van der Waals surface area contributed by atoms with Crippen LogP contribution in [0.15, 0.2) is 42.7 Å². The number of hydrogen-bond donors (Lipinski definition) is 1. The molecule has 1 aliphatic heterocycles. The van der Waals surface area contributed by atoms with Gasteiger partial charge in [-0.05, 0) is 12.0 Å². The number of benzene rings is 1. The van der Waals surface area contributed by atoms with Crippen LogP contribution in [0.1, 0.15) is 23.7 Å². The van der Waals surface area contributed by atoms with Crippen LogP contribution in [0.2, 0.25) is 0 Å². The van der Waals surface area contributed by atoms with Crippen molar-refractivity contribution in [1.29, 1.82) is 0 Å². The zero-order chi connectivity index (χ0) is 17.1. The van der Waals surface area contributed by atoms with Crippen molar-refractivity contribution in [3.8, 4) is 0 Å². The van der Waals surface area contributed by atoms with Crippen LogP contribution in [-0.4, -0.2) is 63.6 Å². The van der Waals surface area contributed by atoms with Gasteiger partial charge in [-0.25, -0.2) is 4.98 Å². The summed E-state index contributed by atoms with van der Waals surface area (Å²) in [6, 6.07) is 10.3. The van der Waals surface area contributed by atoms with Gasteiger partial charge in [-0.15, -0.1) is 0 Å². The van der Waals surface area contributed by atoms with Gasteiger partial charge in [0.2, 0.25) is 5.91 Å². The Morgan fingerprint density at radius 2 is 2.00 bits per heavy atom. The molecule has 2 heterocycles.